The molecule has 172 valence electrons. The number of hydrogen-bond acceptors (Lipinski definition) is 6. The van der Waals surface area contributed by atoms with Gasteiger partial charge in [-0.15, -0.1) is 0 Å². The van der Waals surface area contributed by atoms with Crippen molar-refractivity contribution in [1.82, 2.24) is 10.2 Å². The first-order chi connectivity index (χ1) is 15.6. The van der Waals surface area contributed by atoms with Crippen molar-refractivity contribution >= 4 is 34.7 Å². The first kappa shape index (κ1) is 23.8. The molecule has 1 heterocycles. The highest BCUT2D eigenvalue weighted by atomic mass is 32.1. The van der Waals surface area contributed by atoms with Gasteiger partial charge in [-0.05, 0) is 80.6 Å². The highest BCUT2D eigenvalue weighted by molar-refractivity contribution is 7.80. The minimum Gasteiger partial charge on any atom is -0.497 e. The van der Waals surface area contributed by atoms with Crippen LogP contribution in [0.5, 0.6) is 5.75 Å². The van der Waals surface area contributed by atoms with Crippen molar-refractivity contribution in [1.29, 1.82) is 0 Å². The summed E-state index contributed by atoms with van der Waals surface area (Å²) in [5, 5.41) is 6.98. The molecule has 1 aliphatic rings. The number of carbonyl (C=O) groups is 1. The Kier molecular flexibility index (Phi) is 9.13. The van der Waals surface area contributed by atoms with E-state index in [2.05, 4.69) is 32.6 Å². The van der Waals surface area contributed by atoms with E-state index in [0.717, 1.165) is 57.1 Å². The van der Waals surface area contributed by atoms with Crippen LogP contribution in [0.15, 0.2) is 48.5 Å². The molecule has 0 aliphatic carbocycles. The number of nitrogens with one attached hydrogen (secondary N) is 2. The van der Waals surface area contributed by atoms with Crippen molar-refractivity contribution in [2.24, 2.45) is 0 Å². The van der Waals surface area contributed by atoms with Gasteiger partial charge in [0.1, 0.15) is 5.75 Å². The number of thiocarbonyl (C=S) groups is 1. The summed E-state index contributed by atoms with van der Waals surface area (Å²) in [5.74, 6) is 0.575. The molecule has 32 heavy (non-hydrogen) atoms. The van der Waals surface area contributed by atoms with Crippen LogP contribution in [-0.4, -0.2) is 69.0 Å². The Morgan fingerprint density at radius 2 is 1.72 bits per heavy atom. The van der Waals surface area contributed by atoms with Crippen LogP contribution in [0.25, 0.3) is 0 Å². The van der Waals surface area contributed by atoms with Crippen LogP contribution in [0.2, 0.25) is 0 Å². The number of anilines is 2. The summed E-state index contributed by atoms with van der Waals surface area (Å²) < 4.78 is 10.2. The lowest BCUT2D eigenvalue weighted by atomic mass is 10.2. The van der Waals surface area contributed by atoms with Crippen LogP contribution in [-0.2, 0) is 4.74 Å². The highest BCUT2D eigenvalue weighted by Gasteiger charge is 2.16. The van der Waals surface area contributed by atoms with Crippen LogP contribution < -0.4 is 20.3 Å². The number of piperazine rings is 1. The van der Waals surface area contributed by atoms with Crippen LogP contribution >= 0.6 is 12.2 Å². The molecule has 1 aliphatic heterocycles. The van der Waals surface area contributed by atoms with Gasteiger partial charge in [-0.3, -0.25) is 4.90 Å². The van der Waals surface area contributed by atoms with E-state index in [4.69, 9.17) is 21.7 Å². The molecule has 8 heteroatoms. The molecule has 2 aromatic rings. The van der Waals surface area contributed by atoms with Gasteiger partial charge in [-0.1, -0.05) is 0 Å². The lowest BCUT2D eigenvalue weighted by Crippen LogP contribution is -2.47. The van der Waals surface area contributed by atoms with Gasteiger partial charge in [-0.2, -0.15) is 0 Å². The Morgan fingerprint density at radius 1 is 1.03 bits per heavy atom. The smallest absolute Gasteiger partial charge is 0.338 e. The zero-order valence-electron chi connectivity index (χ0n) is 18.8. The molecule has 3 rings (SSSR count). The zero-order chi connectivity index (χ0) is 22.8. The van der Waals surface area contributed by atoms with Gasteiger partial charge >= 0.3 is 5.97 Å². The van der Waals surface area contributed by atoms with Crippen LogP contribution in [0.3, 0.4) is 0 Å². The molecule has 7 nitrogen and oxygen atoms in total. The highest BCUT2D eigenvalue weighted by Crippen LogP contribution is 2.20. The van der Waals surface area contributed by atoms with Crippen LogP contribution in [0.4, 0.5) is 11.4 Å². The van der Waals surface area contributed by atoms with Gasteiger partial charge in [-0.25, -0.2) is 4.79 Å². The second-order valence-electron chi connectivity index (χ2n) is 7.56. The van der Waals surface area contributed by atoms with Gasteiger partial charge in [0.2, 0.25) is 0 Å². The fourth-order valence-corrected chi connectivity index (χ4v) is 3.83. The van der Waals surface area contributed by atoms with Gasteiger partial charge in [0, 0.05) is 44.1 Å². The Balaban J connectivity index is 1.31. The van der Waals surface area contributed by atoms with E-state index in [1.54, 1.807) is 26.2 Å². The molecular formula is C24H32N4O3S. The van der Waals surface area contributed by atoms with Crippen molar-refractivity contribution in [2.45, 2.75) is 13.3 Å². The predicted molar refractivity (Wildman–Crippen MR) is 133 cm³/mol. The maximum Gasteiger partial charge on any atom is 0.338 e. The van der Waals surface area contributed by atoms with E-state index >= 15 is 0 Å². The number of methoxy groups -OCH3 is 1. The first-order valence-corrected chi connectivity index (χ1v) is 11.4. The van der Waals surface area contributed by atoms with Crippen molar-refractivity contribution in [3.05, 3.63) is 54.1 Å². The van der Waals surface area contributed by atoms with Crippen LogP contribution in [0, 0.1) is 0 Å². The maximum atomic E-state index is 11.7. The number of rotatable bonds is 9. The molecule has 0 saturated carbocycles. The number of esters is 1. The lowest BCUT2D eigenvalue weighted by Gasteiger charge is -2.36. The fourth-order valence-electron chi connectivity index (χ4n) is 3.61. The number of benzene rings is 2. The van der Waals surface area contributed by atoms with Gasteiger partial charge in [0.15, 0.2) is 5.11 Å². The Labute approximate surface area is 195 Å². The molecule has 1 saturated heterocycles. The standard InChI is InChI=1S/C24H32N4O3S/c1-3-31-23(29)19-5-7-20(8-6-19)26-24(32)25-13-4-14-27-15-17-28(18-16-27)21-9-11-22(30-2)12-10-21/h5-12H,3-4,13-18H2,1-2H3,(H2,25,26,32). The van der Waals surface area contributed by atoms with E-state index < -0.39 is 0 Å². The molecule has 0 atom stereocenters. The van der Waals surface area contributed by atoms with Crippen molar-refractivity contribution < 1.29 is 14.3 Å². The summed E-state index contributed by atoms with van der Waals surface area (Å²) in [6.07, 6.45) is 1.02. The third-order valence-corrected chi connectivity index (χ3v) is 5.65. The van der Waals surface area contributed by atoms with Crippen molar-refractivity contribution in [2.75, 3.05) is 63.2 Å². The predicted octanol–water partition coefficient (Wildman–Crippen LogP) is 3.37. The molecule has 0 amide bonds. The van der Waals surface area contributed by atoms with E-state index in [1.165, 1.54) is 5.69 Å². The van der Waals surface area contributed by atoms with Gasteiger partial charge in [0.25, 0.3) is 0 Å². The van der Waals surface area contributed by atoms with Gasteiger partial charge in [0.05, 0.1) is 19.3 Å². The summed E-state index contributed by atoms with van der Waals surface area (Å²) >= 11 is 5.38. The molecule has 1 fully saturated rings. The number of hydrogen-bond donors (Lipinski definition) is 2. The zero-order valence-corrected chi connectivity index (χ0v) is 19.6. The van der Waals surface area contributed by atoms with Crippen LogP contribution in [0.1, 0.15) is 23.7 Å². The van der Waals surface area contributed by atoms with Crippen molar-refractivity contribution in [3.8, 4) is 5.75 Å². The maximum absolute atomic E-state index is 11.7. The summed E-state index contributed by atoms with van der Waals surface area (Å²) in [5.41, 5.74) is 2.62. The lowest BCUT2D eigenvalue weighted by molar-refractivity contribution is 0.0526. The Bertz CT molecular complexity index is 866. The topological polar surface area (TPSA) is 66.1 Å². The largest absolute Gasteiger partial charge is 0.497 e. The average molecular weight is 457 g/mol. The summed E-state index contributed by atoms with van der Waals surface area (Å²) in [7, 11) is 1.69. The second-order valence-corrected chi connectivity index (χ2v) is 7.97. The van der Waals surface area contributed by atoms with Crippen molar-refractivity contribution in [3.63, 3.8) is 0 Å². The minimum absolute atomic E-state index is 0.315. The molecule has 0 radical (unpaired) electrons. The monoisotopic (exact) mass is 456 g/mol. The quantitative estimate of drug-likeness (QED) is 0.338. The number of carbonyl (C=O) groups excluding carboxylic acids is 1. The molecule has 0 unspecified atom stereocenters. The number of nitrogens with zero attached hydrogens (tertiary/aromatic N) is 2. The molecule has 2 aromatic carbocycles. The number of ether oxygens (including phenoxy) is 2. The van der Waals surface area contributed by atoms with Gasteiger partial charge < -0.3 is 25.0 Å². The van der Waals surface area contributed by atoms with E-state index in [-0.39, 0.29) is 5.97 Å². The molecular weight excluding hydrogens is 424 g/mol. The minimum atomic E-state index is -0.315. The third-order valence-electron chi connectivity index (χ3n) is 5.40. The Morgan fingerprint density at radius 3 is 2.34 bits per heavy atom. The average Bonchev–Trinajstić information content (AvgIpc) is 2.83. The second kappa shape index (κ2) is 12.3. The Hall–Kier alpha value is -2.84. The molecule has 2 N–H and O–H groups in total. The first-order valence-electron chi connectivity index (χ1n) is 11.0. The summed E-state index contributed by atoms with van der Waals surface area (Å²) in [6.45, 7) is 8.18. The fraction of sp³-hybridized carbons (Fsp3) is 0.417. The summed E-state index contributed by atoms with van der Waals surface area (Å²) in [4.78, 5) is 16.6. The normalized spacial score (nSPS) is 14.0. The summed E-state index contributed by atoms with van der Waals surface area (Å²) in [6, 6.07) is 15.4. The van der Waals surface area contributed by atoms with E-state index in [1.807, 2.05) is 24.3 Å². The van der Waals surface area contributed by atoms with E-state index in [0.29, 0.717) is 17.3 Å². The molecule has 0 bridgehead atoms. The van der Waals surface area contributed by atoms with E-state index in [9.17, 15) is 4.79 Å². The SMILES string of the molecule is CCOC(=O)c1ccc(NC(=S)NCCCN2CCN(c3ccc(OC)cc3)CC2)cc1. The molecule has 0 aromatic heterocycles. The molecule has 0 spiro atoms. The third kappa shape index (κ3) is 7.10.